The van der Waals surface area contributed by atoms with Crippen LogP contribution in [0, 0.1) is 11.6 Å². The fourth-order valence-electron chi connectivity index (χ4n) is 4.36. The van der Waals surface area contributed by atoms with Gasteiger partial charge in [0.05, 0.1) is 6.04 Å². The maximum absolute atomic E-state index is 13.8. The second kappa shape index (κ2) is 11.9. The Morgan fingerprint density at radius 1 is 0.944 bits per heavy atom. The van der Waals surface area contributed by atoms with E-state index in [9.17, 15) is 13.6 Å². The Morgan fingerprint density at radius 2 is 1.61 bits per heavy atom. The second-order valence-electron chi connectivity index (χ2n) is 9.02. The number of amides is 1. The van der Waals surface area contributed by atoms with E-state index in [4.69, 9.17) is 4.74 Å². The molecule has 190 valence electrons. The number of carbonyl (C=O) groups excluding carboxylic acids is 1. The SMILES string of the molecule is CN(C)c1ccc([C@@H](CNC(=O)COc2ccccc2F)N2CCN(c3ccc(F)cc3)CC2)cc1. The van der Waals surface area contributed by atoms with Crippen molar-refractivity contribution in [3.05, 3.63) is 90.0 Å². The van der Waals surface area contributed by atoms with Crippen LogP contribution in [0.3, 0.4) is 0 Å². The zero-order chi connectivity index (χ0) is 25.5. The lowest BCUT2D eigenvalue weighted by Crippen LogP contribution is -2.50. The molecule has 1 heterocycles. The number of hydrogen-bond acceptors (Lipinski definition) is 5. The summed E-state index contributed by atoms with van der Waals surface area (Å²) < 4.78 is 32.5. The number of para-hydroxylation sites is 1. The van der Waals surface area contributed by atoms with Gasteiger partial charge in [0.2, 0.25) is 0 Å². The molecule has 1 aliphatic rings. The van der Waals surface area contributed by atoms with Crippen molar-refractivity contribution < 1.29 is 18.3 Å². The van der Waals surface area contributed by atoms with Crippen LogP contribution in [0.25, 0.3) is 0 Å². The number of carbonyl (C=O) groups is 1. The van der Waals surface area contributed by atoms with E-state index < -0.39 is 5.82 Å². The van der Waals surface area contributed by atoms with E-state index in [1.54, 1.807) is 24.3 Å². The summed E-state index contributed by atoms with van der Waals surface area (Å²) in [6, 6.07) is 20.9. The molecule has 1 amide bonds. The van der Waals surface area contributed by atoms with E-state index in [1.165, 1.54) is 24.3 Å². The number of benzene rings is 3. The maximum Gasteiger partial charge on any atom is 0.258 e. The van der Waals surface area contributed by atoms with Crippen molar-refractivity contribution in [2.24, 2.45) is 0 Å². The van der Waals surface area contributed by atoms with Crippen LogP contribution in [0.1, 0.15) is 11.6 Å². The van der Waals surface area contributed by atoms with Gasteiger partial charge in [-0.25, -0.2) is 8.78 Å². The van der Waals surface area contributed by atoms with Crippen molar-refractivity contribution >= 4 is 17.3 Å². The van der Waals surface area contributed by atoms with Gasteiger partial charge in [-0.2, -0.15) is 0 Å². The minimum Gasteiger partial charge on any atom is -0.481 e. The van der Waals surface area contributed by atoms with Crippen LogP contribution in [0.5, 0.6) is 5.75 Å². The van der Waals surface area contributed by atoms with Gasteiger partial charge in [-0.15, -0.1) is 0 Å². The van der Waals surface area contributed by atoms with Crippen LogP contribution in [0.2, 0.25) is 0 Å². The van der Waals surface area contributed by atoms with Crippen LogP contribution in [-0.4, -0.2) is 64.2 Å². The summed E-state index contributed by atoms with van der Waals surface area (Å²) in [5.41, 5.74) is 3.20. The van der Waals surface area contributed by atoms with Crippen molar-refractivity contribution in [1.82, 2.24) is 10.2 Å². The lowest BCUT2D eigenvalue weighted by Gasteiger charge is -2.40. The lowest BCUT2D eigenvalue weighted by atomic mass is 10.0. The topological polar surface area (TPSA) is 48.1 Å². The van der Waals surface area contributed by atoms with Crippen molar-refractivity contribution in [3.63, 3.8) is 0 Å². The maximum atomic E-state index is 13.8. The number of anilines is 2. The van der Waals surface area contributed by atoms with Crippen molar-refractivity contribution in [3.8, 4) is 5.75 Å². The van der Waals surface area contributed by atoms with Crippen molar-refractivity contribution in [2.45, 2.75) is 6.04 Å². The number of rotatable bonds is 9. The molecule has 0 radical (unpaired) electrons. The van der Waals surface area contributed by atoms with Crippen LogP contribution in [-0.2, 0) is 4.79 Å². The third-order valence-corrected chi connectivity index (χ3v) is 6.43. The first-order chi connectivity index (χ1) is 17.4. The Hall–Kier alpha value is -3.65. The molecule has 36 heavy (non-hydrogen) atoms. The summed E-state index contributed by atoms with van der Waals surface area (Å²) >= 11 is 0. The minimum atomic E-state index is -0.497. The summed E-state index contributed by atoms with van der Waals surface area (Å²) in [4.78, 5) is 19.2. The third-order valence-electron chi connectivity index (χ3n) is 6.43. The number of piperazine rings is 1. The normalized spacial score (nSPS) is 14.8. The van der Waals surface area contributed by atoms with Crippen LogP contribution in [0.4, 0.5) is 20.2 Å². The van der Waals surface area contributed by atoms with Gasteiger partial charge in [-0.3, -0.25) is 9.69 Å². The molecule has 0 aliphatic carbocycles. The Labute approximate surface area is 211 Å². The highest BCUT2D eigenvalue weighted by molar-refractivity contribution is 5.77. The molecule has 0 saturated carbocycles. The fourth-order valence-corrected chi connectivity index (χ4v) is 4.36. The van der Waals surface area contributed by atoms with Gasteiger partial charge in [-0.1, -0.05) is 24.3 Å². The Morgan fingerprint density at radius 3 is 2.25 bits per heavy atom. The van der Waals surface area contributed by atoms with Crippen LogP contribution in [0.15, 0.2) is 72.8 Å². The van der Waals surface area contributed by atoms with E-state index in [0.29, 0.717) is 6.54 Å². The van der Waals surface area contributed by atoms with E-state index in [1.807, 2.05) is 19.0 Å². The summed E-state index contributed by atoms with van der Waals surface area (Å²) in [5, 5.41) is 2.96. The van der Waals surface area contributed by atoms with Crippen molar-refractivity contribution in [2.75, 3.05) is 63.2 Å². The van der Waals surface area contributed by atoms with Crippen LogP contribution < -0.4 is 19.9 Å². The first-order valence-electron chi connectivity index (χ1n) is 12.1. The molecule has 1 fully saturated rings. The van der Waals surface area contributed by atoms with Gasteiger partial charge < -0.3 is 19.9 Å². The molecule has 3 aromatic rings. The quantitative estimate of drug-likeness (QED) is 0.486. The molecular weight excluding hydrogens is 462 g/mol. The van der Waals surface area contributed by atoms with E-state index in [0.717, 1.165) is 43.1 Å². The fraction of sp³-hybridized carbons (Fsp3) is 0.321. The van der Waals surface area contributed by atoms with Crippen LogP contribution >= 0.6 is 0 Å². The third kappa shape index (κ3) is 6.51. The summed E-state index contributed by atoms with van der Waals surface area (Å²) in [6.07, 6.45) is 0. The molecule has 1 aliphatic heterocycles. The minimum absolute atomic E-state index is 0.0333. The molecule has 0 unspecified atom stereocenters. The first kappa shape index (κ1) is 25.4. The molecule has 1 atom stereocenters. The lowest BCUT2D eigenvalue weighted by molar-refractivity contribution is -0.123. The number of nitrogens with one attached hydrogen (secondary N) is 1. The summed E-state index contributed by atoms with van der Waals surface area (Å²) in [5.74, 6) is -0.991. The Balaban J connectivity index is 1.40. The Kier molecular flexibility index (Phi) is 8.38. The summed E-state index contributed by atoms with van der Waals surface area (Å²) in [7, 11) is 3.99. The zero-order valence-corrected chi connectivity index (χ0v) is 20.7. The molecule has 0 aromatic heterocycles. The molecule has 6 nitrogen and oxygen atoms in total. The van der Waals surface area contributed by atoms with Gasteiger partial charge in [-0.05, 0) is 54.1 Å². The molecule has 3 aromatic carbocycles. The molecule has 1 N–H and O–H groups in total. The standard InChI is InChI=1S/C28H32F2N4O2/c1-32(2)23-11-7-21(8-12-23)26(19-31-28(35)20-36-27-6-4-3-5-25(27)30)34-17-15-33(16-18-34)24-13-9-22(29)10-14-24/h3-14,26H,15-20H2,1-2H3,(H,31,35)/t26-/m1/s1. The van der Waals surface area contributed by atoms with Gasteiger partial charge in [0, 0.05) is 58.2 Å². The molecular formula is C28H32F2N4O2. The predicted octanol–water partition coefficient (Wildman–Crippen LogP) is 4.09. The van der Waals surface area contributed by atoms with E-state index >= 15 is 0 Å². The smallest absolute Gasteiger partial charge is 0.258 e. The number of hydrogen-bond donors (Lipinski definition) is 1. The van der Waals surface area contributed by atoms with Gasteiger partial charge in [0.1, 0.15) is 5.82 Å². The second-order valence-corrected chi connectivity index (χ2v) is 9.02. The first-order valence-corrected chi connectivity index (χ1v) is 12.1. The van der Waals surface area contributed by atoms with E-state index in [-0.39, 0.29) is 30.1 Å². The zero-order valence-electron chi connectivity index (χ0n) is 20.7. The highest BCUT2D eigenvalue weighted by Crippen LogP contribution is 2.26. The molecule has 1 saturated heterocycles. The summed E-state index contributed by atoms with van der Waals surface area (Å²) in [6.45, 7) is 3.31. The van der Waals surface area contributed by atoms with Gasteiger partial charge in [0.15, 0.2) is 18.2 Å². The highest BCUT2D eigenvalue weighted by atomic mass is 19.1. The number of ether oxygens (including phenoxy) is 1. The van der Waals surface area contributed by atoms with Crippen molar-refractivity contribution in [1.29, 1.82) is 0 Å². The molecule has 4 rings (SSSR count). The molecule has 0 bridgehead atoms. The average Bonchev–Trinajstić information content (AvgIpc) is 2.89. The molecule has 0 spiro atoms. The monoisotopic (exact) mass is 494 g/mol. The van der Waals surface area contributed by atoms with Gasteiger partial charge >= 0.3 is 0 Å². The molecule has 8 heteroatoms. The Bertz CT molecular complexity index is 1130. The number of nitrogens with zero attached hydrogens (tertiary/aromatic N) is 3. The van der Waals surface area contributed by atoms with Gasteiger partial charge in [0.25, 0.3) is 5.91 Å². The average molecular weight is 495 g/mol. The number of halogens is 2. The predicted molar refractivity (Wildman–Crippen MR) is 139 cm³/mol. The largest absolute Gasteiger partial charge is 0.481 e. The van der Waals surface area contributed by atoms with E-state index in [2.05, 4.69) is 39.4 Å². The highest BCUT2D eigenvalue weighted by Gasteiger charge is 2.26.